The number of halogens is 1. The topological polar surface area (TPSA) is 64.7 Å². The number of benzene rings is 1. The van der Waals surface area contributed by atoms with Crippen molar-refractivity contribution in [2.24, 2.45) is 7.05 Å². The number of carbonyl (C=O) groups excluding carboxylic acids is 1. The maximum atomic E-state index is 12.4. The van der Waals surface area contributed by atoms with Crippen molar-refractivity contribution in [2.75, 3.05) is 0 Å². The average molecular weight is 344 g/mol. The summed E-state index contributed by atoms with van der Waals surface area (Å²) < 4.78 is 3.62. The molecule has 0 radical (unpaired) electrons. The summed E-state index contributed by atoms with van der Waals surface area (Å²) in [6.45, 7) is 0.318. The molecule has 2 heterocycles. The zero-order valence-corrected chi connectivity index (χ0v) is 14.0. The fourth-order valence-corrected chi connectivity index (χ4v) is 2.65. The number of hydrogen-bond donors (Lipinski definition) is 1. The summed E-state index contributed by atoms with van der Waals surface area (Å²) in [6, 6.07) is 11.4. The number of carbonyl (C=O) groups is 1. The van der Waals surface area contributed by atoms with E-state index in [9.17, 15) is 4.79 Å². The molecule has 7 heteroatoms. The normalized spacial score (nSPS) is 12.1. The number of nitrogens with zero attached hydrogens (tertiary/aromatic N) is 4. The molecule has 1 aromatic carbocycles. The van der Waals surface area contributed by atoms with Gasteiger partial charge in [0.05, 0.1) is 19.0 Å². The van der Waals surface area contributed by atoms with Crippen LogP contribution in [0.15, 0.2) is 55.1 Å². The second kappa shape index (κ2) is 7.31. The lowest BCUT2D eigenvalue weighted by Gasteiger charge is -2.19. The van der Waals surface area contributed by atoms with Crippen molar-refractivity contribution in [2.45, 2.75) is 19.0 Å². The Kier molecular flexibility index (Phi) is 4.96. The molecule has 0 aliphatic carbocycles. The van der Waals surface area contributed by atoms with Gasteiger partial charge in [0.1, 0.15) is 6.33 Å². The number of amides is 1. The van der Waals surface area contributed by atoms with Crippen LogP contribution in [0.25, 0.3) is 0 Å². The Bertz CT molecular complexity index is 795. The zero-order valence-electron chi connectivity index (χ0n) is 13.3. The van der Waals surface area contributed by atoms with Gasteiger partial charge in [0.2, 0.25) is 5.91 Å². The minimum atomic E-state index is -0.0889. The van der Waals surface area contributed by atoms with E-state index >= 15 is 0 Å². The molecule has 1 amide bonds. The van der Waals surface area contributed by atoms with Gasteiger partial charge < -0.3 is 9.88 Å². The van der Waals surface area contributed by atoms with Gasteiger partial charge in [-0.15, -0.1) is 0 Å². The maximum absolute atomic E-state index is 12.4. The molecule has 24 heavy (non-hydrogen) atoms. The molecule has 0 spiro atoms. The monoisotopic (exact) mass is 343 g/mol. The lowest BCUT2D eigenvalue weighted by molar-refractivity contribution is -0.121. The summed E-state index contributed by atoms with van der Waals surface area (Å²) in [4.78, 5) is 16.5. The van der Waals surface area contributed by atoms with Crippen LogP contribution >= 0.6 is 11.6 Å². The summed E-state index contributed by atoms with van der Waals surface area (Å²) in [7, 11) is 1.79. The van der Waals surface area contributed by atoms with Gasteiger partial charge in [0.15, 0.2) is 5.82 Å². The van der Waals surface area contributed by atoms with E-state index in [0.29, 0.717) is 23.8 Å². The lowest BCUT2D eigenvalue weighted by Crippen LogP contribution is -2.27. The van der Waals surface area contributed by atoms with Gasteiger partial charge in [0.25, 0.3) is 0 Å². The SMILES string of the molecule is Cn1cnc(CNC(=O)C[C@H](c2ccc(Cl)cc2)n2cccc2)n1. The second-order valence-electron chi connectivity index (χ2n) is 5.51. The highest BCUT2D eigenvalue weighted by atomic mass is 35.5. The van der Waals surface area contributed by atoms with Crippen LogP contribution in [0.2, 0.25) is 5.02 Å². The molecule has 124 valence electrons. The molecular formula is C17H18ClN5O. The summed E-state index contributed by atoms with van der Waals surface area (Å²) in [6.07, 6.45) is 5.83. The predicted octanol–water partition coefficient (Wildman–Crippen LogP) is 2.57. The number of hydrogen-bond acceptors (Lipinski definition) is 3. The third-order valence-corrected chi connectivity index (χ3v) is 3.96. The van der Waals surface area contributed by atoms with Gasteiger partial charge in [-0.2, -0.15) is 5.10 Å². The van der Waals surface area contributed by atoms with Crippen LogP contribution in [0.5, 0.6) is 0 Å². The molecule has 0 saturated heterocycles. The second-order valence-corrected chi connectivity index (χ2v) is 5.95. The Morgan fingerprint density at radius 2 is 1.96 bits per heavy atom. The van der Waals surface area contributed by atoms with E-state index in [4.69, 9.17) is 11.6 Å². The smallest absolute Gasteiger partial charge is 0.222 e. The summed E-state index contributed by atoms with van der Waals surface area (Å²) in [5.74, 6) is 0.533. The number of rotatable bonds is 6. The minimum Gasteiger partial charge on any atom is -0.349 e. The van der Waals surface area contributed by atoms with Gasteiger partial charge in [-0.05, 0) is 29.8 Å². The summed E-state index contributed by atoms with van der Waals surface area (Å²) in [5.41, 5.74) is 1.03. The first-order valence-corrected chi connectivity index (χ1v) is 7.99. The van der Waals surface area contributed by atoms with Crippen molar-refractivity contribution < 1.29 is 4.79 Å². The average Bonchev–Trinajstić information content (AvgIpc) is 3.23. The van der Waals surface area contributed by atoms with Crippen LogP contribution in [0.3, 0.4) is 0 Å². The number of aromatic nitrogens is 4. The van der Waals surface area contributed by atoms with Crippen molar-refractivity contribution in [3.8, 4) is 0 Å². The highest BCUT2D eigenvalue weighted by Gasteiger charge is 2.17. The molecule has 0 aliphatic rings. The van der Waals surface area contributed by atoms with Crippen LogP contribution in [0, 0.1) is 0 Å². The third-order valence-electron chi connectivity index (χ3n) is 3.71. The first-order chi connectivity index (χ1) is 11.6. The molecule has 0 bridgehead atoms. The molecule has 0 aliphatic heterocycles. The molecule has 0 unspecified atom stereocenters. The van der Waals surface area contributed by atoms with Crippen LogP contribution in [0.4, 0.5) is 0 Å². The summed E-state index contributed by atoms with van der Waals surface area (Å²) in [5, 5.41) is 7.70. The molecule has 1 atom stereocenters. The quantitative estimate of drug-likeness (QED) is 0.748. The lowest BCUT2D eigenvalue weighted by atomic mass is 10.0. The molecule has 6 nitrogen and oxygen atoms in total. The molecule has 3 aromatic rings. The van der Waals surface area contributed by atoms with Crippen LogP contribution < -0.4 is 5.32 Å². The fourth-order valence-electron chi connectivity index (χ4n) is 2.53. The van der Waals surface area contributed by atoms with Gasteiger partial charge in [-0.25, -0.2) is 4.98 Å². The van der Waals surface area contributed by atoms with E-state index in [0.717, 1.165) is 5.56 Å². The van der Waals surface area contributed by atoms with Crippen molar-refractivity contribution in [3.05, 3.63) is 71.5 Å². The third kappa shape index (κ3) is 4.02. The summed E-state index contributed by atoms with van der Waals surface area (Å²) >= 11 is 5.96. The van der Waals surface area contributed by atoms with Crippen molar-refractivity contribution in [1.29, 1.82) is 0 Å². The first kappa shape index (κ1) is 16.3. The van der Waals surface area contributed by atoms with E-state index < -0.39 is 0 Å². The van der Waals surface area contributed by atoms with Crippen LogP contribution in [0.1, 0.15) is 23.9 Å². The molecule has 2 aromatic heterocycles. The van der Waals surface area contributed by atoms with Crippen LogP contribution in [-0.2, 0) is 18.4 Å². The van der Waals surface area contributed by atoms with E-state index in [1.807, 2.05) is 53.4 Å². The highest BCUT2D eigenvalue weighted by molar-refractivity contribution is 6.30. The van der Waals surface area contributed by atoms with E-state index in [-0.39, 0.29) is 11.9 Å². The fraction of sp³-hybridized carbons (Fsp3) is 0.235. The number of aryl methyl sites for hydroxylation is 1. The van der Waals surface area contributed by atoms with Crippen LogP contribution in [-0.4, -0.2) is 25.2 Å². The molecule has 1 N–H and O–H groups in total. The van der Waals surface area contributed by atoms with Crippen molar-refractivity contribution in [1.82, 2.24) is 24.6 Å². The highest BCUT2D eigenvalue weighted by Crippen LogP contribution is 2.24. The first-order valence-electron chi connectivity index (χ1n) is 7.61. The maximum Gasteiger partial charge on any atom is 0.222 e. The predicted molar refractivity (Wildman–Crippen MR) is 91.5 cm³/mol. The minimum absolute atomic E-state index is 0.0592. The van der Waals surface area contributed by atoms with Crippen molar-refractivity contribution in [3.63, 3.8) is 0 Å². The van der Waals surface area contributed by atoms with E-state index in [2.05, 4.69) is 15.4 Å². The van der Waals surface area contributed by atoms with Gasteiger partial charge >= 0.3 is 0 Å². The molecule has 3 rings (SSSR count). The molecule has 0 fully saturated rings. The van der Waals surface area contributed by atoms with Gasteiger partial charge in [0, 0.05) is 24.5 Å². The standard InChI is InChI=1S/C17H18ClN5O/c1-22-12-20-16(21-22)11-19-17(24)10-15(23-8-2-3-9-23)13-4-6-14(18)7-5-13/h2-9,12,15H,10-11H2,1H3,(H,19,24)/t15-/m1/s1. The Morgan fingerprint density at radius 1 is 1.25 bits per heavy atom. The largest absolute Gasteiger partial charge is 0.349 e. The van der Waals surface area contributed by atoms with Gasteiger partial charge in [-0.3, -0.25) is 9.48 Å². The van der Waals surface area contributed by atoms with Gasteiger partial charge in [-0.1, -0.05) is 23.7 Å². The Labute approximate surface area is 145 Å². The molecular weight excluding hydrogens is 326 g/mol. The Hall–Kier alpha value is -2.60. The van der Waals surface area contributed by atoms with E-state index in [1.165, 1.54) is 0 Å². The zero-order chi connectivity index (χ0) is 16.9. The number of nitrogens with one attached hydrogen (secondary N) is 1. The Morgan fingerprint density at radius 3 is 2.58 bits per heavy atom. The Balaban J connectivity index is 1.69. The molecule has 0 saturated carbocycles. The van der Waals surface area contributed by atoms with Crippen molar-refractivity contribution >= 4 is 17.5 Å². The van der Waals surface area contributed by atoms with E-state index in [1.54, 1.807) is 18.1 Å².